The Kier molecular flexibility index (Phi) is 8.23. The van der Waals surface area contributed by atoms with E-state index in [-0.39, 0.29) is 36.6 Å². The highest BCUT2D eigenvalue weighted by Crippen LogP contribution is 2.33. The zero-order chi connectivity index (χ0) is 18.8. The average Bonchev–Trinajstić information content (AvgIpc) is 3.38. The molecule has 29 heavy (non-hydrogen) atoms. The van der Waals surface area contributed by atoms with Gasteiger partial charge in [-0.1, -0.05) is 30.3 Å². The van der Waals surface area contributed by atoms with Crippen LogP contribution >= 0.6 is 36.2 Å². The third-order valence-electron chi connectivity index (χ3n) is 5.39. The van der Waals surface area contributed by atoms with Crippen molar-refractivity contribution in [2.75, 3.05) is 19.6 Å². The molecule has 2 aromatic heterocycles. The lowest BCUT2D eigenvalue weighted by molar-refractivity contribution is 0.0785. The molecule has 1 saturated heterocycles. The molecule has 1 aromatic carbocycles. The number of hydrogen-bond donors (Lipinski definition) is 1. The van der Waals surface area contributed by atoms with Crippen LogP contribution in [-0.4, -0.2) is 35.4 Å². The first kappa shape index (κ1) is 23.4. The van der Waals surface area contributed by atoms with Crippen LogP contribution in [0.2, 0.25) is 0 Å². The summed E-state index contributed by atoms with van der Waals surface area (Å²) in [7, 11) is 0. The molecule has 4 rings (SSSR count). The number of carbonyl (C=O) groups is 1. The number of thiophene rings is 1. The summed E-state index contributed by atoms with van der Waals surface area (Å²) in [4.78, 5) is 19.7. The van der Waals surface area contributed by atoms with Gasteiger partial charge in [0.05, 0.1) is 17.0 Å². The number of benzene rings is 1. The van der Waals surface area contributed by atoms with E-state index < -0.39 is 0 Å². The van der Waals surface area contributed by atoms with Gasteiger partial charge in [0.2, 0.25) is 0 Å². The molecule has 2 N–H and O–H groups in total. The third kappa shape index (κ3) is 4.81. The Balaban J connectivity index is 0.00000150. The number of likely N-dealkylation sites (tertiary alicyclic amines) is 1. The summed E-state index contributed by atoms with van der Waals surface area (Å²) in [6.45, 7) is 3.89. The van der Waals surface area contributed by atoms with Gasteiger partial charge in [0.25, 0.3) is 5.91 Å². The molecule has 1 aliphatic rings. The number of halogens is 2. The second-order valence-electron chi connectivity index (χ2n) is 7.06. The minimum absolute atomic E-state index is 0. The zero-order valence-corrected chi connectivity index (χ0v) is 18.6. The third-order valence-corrected chi connectivity index (χ3v) is 6.08. The number of hydrogen-bond acceptors (Lipinski definition) is 4. The van der Waals surface area contributed by atoms with Crippen LogP contribution in [0.25, 0.3) is 11.3 Å². The number of aromatic nitrogens is 1. The van der Waals surface area contributed by atoms with Gasteiger partial charge in [0.15, 0.2) is 0 Å². The predicted molar refractivity (Wildman–Crippen MR) is 124 cm³/mol. The number of carbonyl (C=O) groups excluding carboxylic acids is 1. The largest absolute Gasteiger partial charge is 0.338 e. The summed E-state index contributed by atoms with van der Waals surface area (Å²) in [6.07, 6.45) is 0. The van der Waals surface area contributed by atoms with Crippen molar-refractivity contribution in [2.45, 2.75) is 12.8 Å². The van der Waals surface area contributed by atoms with Crippen LogP contribution in [-0.2, 0) is 0 Å². The summed E-state index contributed by atoms with van der Waals surface area (Å²) in [5.74, 6) is 0.627. The molecule has 2 atom stereocenters. The van der Waals surface area contributed by atoms with Crippen molar-refractivity contribution in [3.63, 3.8) is 0 Å². The van der Waals surface area contributed by atoms with Crippen molar-refractivity contribution in [3.8, 4) is 11.3 Å². The molecule has 0 radical (unpaired) electrons. The van der Waals surface area contributed by atoms with Crippen molar-refractivity contribution in [1.82, 2.24) is 9.88 Å². The smallest absolute Gasteiger partial charge is 0.255 e. The number of nitrogens with zero attached hydrogens (tertiary/aromatic N) is 2. The Morgan fingerprint density at radius 1 is 1.14 bits per heavy atom. The van der Waals surface area contributed by atoms with Crippen LogP contribution in [0, 0.1) is 12.8 Å². The molecule has 0 saturated carbocycles. The first-order valence-corrected chi connectivity index (χ1v) is 10.2. The lowest BCUT2D eigenvalue weighted by Crippen LogP contribution is -2.30. The van der Waals surface area contributed by atoms with Crippen LogP contribution in [0.3, 0.4) is 0 Å². The van der Waals surface area contributed by atoms with Crippen LogP contribution in [0.15, 0.2) is 59.3 Å². The van der Waals surface area contributed by atoms with Crippen LogP contribution in [0.1, 0.15) is 27.5 Å². The van der Waals surface area contributed by atoms with E-state index in [9.17, 15) is 4.79 Å². The van der Waals surface area contributed by atoms with Crippen LogP contribution < -0.4 is 5.73 Å². The fourth-order valence-electron chi connectivity index (χ4n) is 3.88. The van der Waals surface area contributed by atoms with Crippen LogP contribution in [0.4, 0.5) is 0 Å². The summed E-state index contributed by atoms with van der Waals surface area (Å²) < 4.78 is 0. The highest BCUT2D eigenvalue weighted by Gasteiger charge is 2.36. The van der Waals surface area contributed by atoms with Gasteiger partial charge in [-0.15, -0.1) is 24.8 Å². The molecule has 3 heterocycles. The minimum atomic E-state index is 0. The lowest BCUT2D eigenvalue weighted by atomic mass is 9.89. The predicted octanol–water partition coefficient (Wildman–Crippen LogP) is 4.78. The second-order valence-corrected chi connectivity index (χ2v) is 7.84. The zero-order valence-electron chi connectivity index (χ0n) is 16.2. The first-order valence-electron chi connectivity index (χ1n) is 9.22. The fraction of sp³-hybridized carbons (Fsp3) is 0.273. The first-order chi connectivity index (χ1) is 13.2. The fourth-order valence-corrected chi connectivity index (χ4v) is 4.53. The maximum atomic E-state index is 13.2. The van der Waals surface area contributed by atoms with Gasteiger partial charge in [-0.25, -0.2) is 0 Å². The van der Waals surface area contributed by atoms with Crippen molar-refractivity contribution < 1.29 is 4.79 Å². The molecule has 1 aliphatic heterocycles. The van der Waals surface area contributed by atoms with Gasteiger partial charge >= 0.3 is 0 Å². The van der Waals surface area contributed by atoms with Gasteiger partial charge in [0, 0.05) is 30.0 Å². The maximum Gasteiger partial charge on any atom is 0.255 e. The Hall–Kier alpha value is -1.92. The number of rotatable bonds is 4. The molecule has 7 heteroatoms. The standard InChI is InChI=1S/C22H23N3OS.2ClH/c1-15-19(7-8-21(24-15)17-9-10-27-14-17)22(26)25-12-18(11-23)20(13-25)16-5-3-2-4-6-16;;/h2-10,14,18,20H,11-13,23H2,1H3;2*1H/t18-,20+;;/m1../s1. The summed E-state index contributed by atoms with van der Waals surface area (Å²) in [6, 6.07) is 16.3. The van der Waals surface area contributed by atoms with E-state index in [4.69, 9.17) is 5.73 Å². The highest BCUT2D eigenvalue weighted by atomic mass is 35.5. The van der Waals surface area contributed by atoms with Gasteiger partial charge in [0.1, 0.15) is 0 Å². The average molecular weight is 450 g/mol. The second kappa shape index (κ2) is 10.2. The number of amides is 1. The van der Waals surface area contributed by atoms with Gasteiger partial charge in [-0.05, 0) is 48.5 Å². The van der Waals surface area contributed by atoms with E-state index in [1.54, 1.807) is 11.3 Å². The number of pyridine rings is 1. The normalized spacial score (nSPS) is 18.1. The molecular weight excluding hydrogens is 425 g/mol. The molecule has 154 valence electrons. The summed E-state index contributed by atoms with van der Waals surface area (Å²) >= 11 is 1.65. The van der Waals surface area contributed by atoms with E-state index in [2.05, 4.69) is 22.5 Å². The van der Waals surface area contributed by atoms with Crippen molar-refractivity contribution in [2.24, 2.45) is 11.7 Å². The molecular formula is C22H25Cl2N3OS. The van der Waals surface area contributed by atoms with E-state index >= 15 is 0 Å². The monoisotopic (exact) mass is 449 g/mol. The SMILES string of the molecule is Cc1nc(-c2ccsc2)ccc1C(=O)N1C[C@@H](CN)[C@H](c2ccccc2)C1.Cl.Cl. The van der Waals surface area contributed by atoms with E-state index in [0.717, 1.165) is 17.0 Å². The molecule has 0 bridgehead atoms. The van der Waals surface area contributed by atoms with Gasteiger partial charge in [-0.2, -0.15) is 11.3 Å². The molecule has 0 unspecified atom stereocenters. The quantitative estimate of drug-likeness (QED) is 0.623. The molecule has 4 nitrogen and oxygen atoms in total. The molecule has 1 amide bonds. The van der Waals surface area contributed by atoms with Crippen molar-refractivity contribution in [1.29, 1.82) is 0 Å². The Morgan fingerprint density at radius 3 is 2.52 bits per heavy atom. The van der Waals surface area contributed by atoms with E-state index in [1.165, 1.54) is 5.56 Å². The van der Waals surface area contributed by atoms with Gasteiger partial charge in [-0.3, -0.25) is 9.78 Å². The van der Waals surface area contributed by atoms with E-state index in [1.807, 2.05) is 53.6 Å². The summed E-state index contributed by atoms with van der Waals surface area (Å²) in [5.41, 5.74) is 10.7. The maximum absolute atomic E-state index is 13.2. The molecule has 3 aromatic rings. The highest BCUT2D eigenvalue weighted by molar-refractivity contribution is 7.08. The number of nitrogens with two attached hydrogens (primary N) is 1. The number of aryl methyl sites for hydroxylation is 1. The molecule has 0 aliphatic carbocycles. The van der Waals surface area contributed by atoms with E-state index in [0.29, 0.717) is 31.1 Å². The van der Waals surface area contributed by atoms with Crippen molar-refractivity contribution in [3.05, 3.63) is 76.1 Å². The molecule has 0 spiro atoms. The Labute approximate surface area is 188 Å². The Bertz CT molecular complexity index is 934. The molecule has 1 fully saturated rings. The van der Waals surface area contributed by atoms with Crippen LogP contribution in [0.5, 0.6) is 0 Å². The summed E-state index contributed by atoms with van der Waals surface area (Å²) in [5, 5.41) is 4.10. The van der Waals surface area contributed by atoms with Gasteiger partial charge < -0.3 is 10.6 Å². The minimum Gasteiger partial charge on any atom is -0.338 e. The van der Waals surface area contributed by atoms with Crippen molar-refractivity contribution >= 4 is 42.1 Å². The Morgan fingerprint density at radius 2 is 1.90 bits per heavy atom. The topological polar surface area (TPSA) is 59.2 Å². The lowest BCUT2D eigenvalue weighted by Gasteiger charge is -2.18.